The third-order valence-corrected chi connectivity index (χ3v) is 4.83. The highest BCUT2D eigenvalue weighted by Gasteiger charge is 2.29. The van der Waals surface area contributed by atoms with Gasteiger partial charge in [0.15, 0.2) is 0 Å². The van der Waals surface area contributed by atoms with Gasteiger partial charge in [0.25, 0.3) is 5.69 Å². The summed E-state index contributed by atoms with van der Waals surface area (Å²) in [5, 5.41) is 14.8. The van der Waals surface area contributed by atoms with Crippen LogP contribution in [0.3, 0.4) is 0 Å². The van der Waals surface area contributed by atoms with E-state index in [-0.39, 0.29) is 22.6 Å². The van der Waals surface area contributed by atoms with Crippen molar-refractivity contribution < 1.29 is 4.92 Å². The van der Waals surface area contributed by atoms with Gasteiger partial charge in [-0.1, -0.05) is 60.7 Å². The molecule has 0 fully saturated rings. The molecule has 1 heterocycles. The van der Waals surface area contributed by atoms with Crippen molar-refractivity contribution in [1.29, 1.82) is 0 Å². The van der Waals surface area contributed by atoms with Gasteiger partial charge >= 0.3 is 0 Å². The molecule has 1 N–H and O–H groups in total. The van der Waals surface area contributed by atoms with E-state index in [9.17, 15) is 10.1 Å². The Labute approximate surface area is 146 Å². The third-order valence-electron chi connectivity index (χ3n) is 4.83. The molecule has 0 saturated carbocycles. The second kappa shape index (κ2) is 6.40. The summed E-state index contributed by atoms with van der Waals surface area (Å²) >= 11 is 0. The molecule has 0 aromatic heterocycles. The zero-order valence-corrected chi connectivity index (χ0v) is 13.6. The fourth-order valence-electron chi connectivity index (χ4n) is 3.60. The first-order valence-electron chi connectivity index (χ1n) is 8.37. The van der Waals surface area contributed by atoms with Crippen LogP contribution in [0.5, 0.6) is 0 Å². The number of nitro groups is 1. The lowest BCUT2D eigenvalue weighted by molar-refractivity contribution is -0.384. The molecule has 4 rings (SSSR count). The van der Waals surface area contributed by atoms with Crippen molar-refractivity contribution in [2.45, 2.75) is 18.4 Å². The molecule has 0 spiro atoms. The smallest absolute Gasteiger partial charge is 0.269 e. The van der Waals surface area contributed by atoms with Gasteiger partial charge < -0.3 is 5.32 Å². The Kier molecular flexibility index (Phi) is 3.94. The highest BCUT2D eigenvalue weighted by molar-refractivity contribution is 5.62. The molecular weight excluding hydrogens is 312 g/mol. The summed E-state index contributed by atoms with van der Waals surface area (Å²) in [7, 11) is 0. The number of benzene rings is 3. The Bertz CT molecular complexity index is 894. The van der Waals surface area contributed by atoms with E-state index in [2.05, 4.69) is 29.6 Å². The molecule has 4 nitrogen and oxygen atoms in total. The Morgan fingerprint density at radius 3 is 2.16 bits per heavy atom. The number of fused-ring (bicyclic) bond motifs is 1. The standard InChI is InChI=1S/C21H18N2O2/c24-23(25)17-11-12-20-19(13-17)18(15-7-3-1-4-8-15)14-21(22-20)16-9-5-2-6-10-16/h1-13,18,21-22H,14H2. The quantitative estimate of drug-likeness (QED) is 0.525. The minimum atomic E-state index is -0.328. The monoisotopic (exact) mass is 330 g/mol. The molecule has 3 aromatic carbocycles. The first-order valence-corrected chi connectivity index (χ1v) is 8.37. The molecule has 2 unspecified atom stereocenters. The Morgan fingerprint density at radius 1 is 0.880 bits per heavy atom. The summed E-state index contributed by atoms with van der Waals surface area (Å²) < 4.78 is 0. The molecule has 0 bridgehead atoms. The minimum Gasteiger partial charge on any atom is -0.378 e. The van der Waals surface area contributed by atoms with Crippen molar-refractivity contribution in [2.75, 3.05) is 5.32 Å². The van der Waals surface area contributed by atoms with E-state index in [1.165, 1.54) is 11.1 Å². The average molecular weight is 330 g/mol. The van der Waals surface area contributed by atoms with Crippen molar-refractivity contribution in [3.63, 3.8) is 0 Å². The molecule has 2 atom stereocenters. The lowest BCUT2D eigenvalue weighted by Gasteiger charge is -2.33. The maximum Gasteiger partial charge on any atom is 0.269 e. The van der Waals surface area contributed by atoms with Crippen LogP contribution in [-0.2, 0) is 0 Å². The van der Waals surface area contributed by atoms with Gasteiger partial charge in [0.1, 0.15) is 0 Å². The number of anilines is 1. The number of non-ortho nitro benzene ring substituents is 1. The van der Waals surface area contributed by atoms with Gasteiger partial charge in [-0.3, -0.25) is 10.1 Å². The topological polar surface area (TPSA) is 55.2 Å². The highest BCUT2D eigenvalue weighted by Crippen LogP contribution is 2.44. The van der Waals surface area contributed by atoms with Gasteiger partial charge in [0, 0.05) is 23.7 Å². The number of rotatable bonds is 3. The zero-order chi connectivity index (χ0) is 17.2. The van der Waals surface area contributed by atoms with Crippen LogP contribution in [0.1, 0.15) is 35.1 Å². The van der Waals surface area contributed by atoms with Gasteiger partial charge in [-0.15, -0.1) is 0 Å². The van der Waals surface area contributed by atoms with Gasteiger partial charge in [0.2, 0.25) is 0 Å². The second-order valence-electron chi connectivity index (χ2n) is 6.34. The van der Waals surface area contributed by atoms with Crippen molar-refractivity contribution >= 4 is 11.4 Å². The van der Waals surface area contributed by atoms with Crippen LogP contribution in [-0.4, -0.2) is 4.92 Å². The number of hydrogen-bond donors (Lipinski definition) is 1. The predicted molar refractivity (Wildman–Crippen MR) is 98.8 cm³/mol. The Morgan fingerprint density at radius 2 is 1.52 bits per heavy atom. The van der Waals surface area contributed by atoms with Crippen LogP contribution in [0.15, 0.2) is 78.9 Å². The Hall–Kier alpha value is -3.14. The van der Waals surface area contributed by atoms with Crippen LogP contribution >= 0.6 is 0 Å². The lowest BCUT2D eigenvalue weighted by atomic mass is 9.80. The maximum absolute atomic E-state index is 11.2. The van der Waals surface area contributed by atoms with Crippen LogP contribution in [0, 0.1) is 10.1 Å². The molecule has 1 aliphatic rings. The molecule has 1 aliphatic heterocycles. The number of hydrogen-bond acceptors (Lipinski definition) is 3. The molecule has 25 heavy (non-hydrogen) atoms. The first-order chi connectivity index (χ1) is 12.2. The van der Waals surface area contributed by atoms with Crippen molar-refractivity contribution in [2.24, 2.45) is 0 Å². The second-order valence-corrected chi connectivity index (χ2v) is 6.34. The van der Waals surface area contributed by atoms with E-state index in [1.807, 2.05) is 42.5 Å². The van der Waals surface area contributed by atoms with E-state index in [4.69, 9.17) is 0 Å². The summed E-state index contributed by atoms with van der Waals surface area (Å²) in [5.41, 5.74) is 4.52. The molecule has 0 saturated heterocycles. The molecule has 3 aromatic rings. The summed E-state index contributed by atoms with van der Waals surface area (Å²) in [6.07, 6.45) is 0.863. The van der Waals surface area contributed by atoms with E-state index in [0.29, 0.717) is 0 Å². The fourth-order valence-corrected chi connectivity index (χ4v) is 3.60. The van der Waals surface area contributed by atoms with Crippen molar-refractivity contribution in [3.05, 3.63) is 106 Å². The molecular formula is C21H18N2O2. The summed E-state index contributed by atoms with van der Waals surface area (Å²) in [5.74, 6) is 0.127. The summed E-state index contributed by atoms with van der Waals surface area (Å²) in [6, 6.07) is 25.9. The normalized spacial score (nSPS) is 18.9. The summed E-state index contributed by atoms with van der Waals surface area (Å²) in [4.78, 5) is 10.9. The lowest BCUT2D eigenvalue weighted by Crippen LogP contribution is -2.22. The van der Waals surface area contributed by atoms with E-state index >= 15 is 0 Å². The summed E-state index contributed by atoms with van der Waals surface area (Å²) in [6.45, 7) is 0. The van der Waals surface area contributed by atoms with Gasteiger partial charge in [-0.25, -0.2) is 0 Å². The van der Waals surface area contributed by atoms with Crippen molar-refractivity contribution in [1.82, 2.24) is 0 Å². The van der Waals surface area contributed by atoms with Gasteiger partial charge in [0.05, 0.1) is 11.0 Å². The maximum atomic E-state index is 11.2. The van der Waals surface area contributed by atoms with E-state index < -0.39 is 0 Å². The van der Waals surface area contributed by atoms with E-state index in [0.717, 1.165) is 17.7 Å². The number of nitrogens with one attached hydrogen (secondary N) is 1. The van der Waals surface area contributed by atoms with Crippen LogP contribution < -0.4 is 5.32 Å². The highest BCUT2D eigenvalue weighted by atomic mass is 16.6. The molecule has 0 aliphatic carbocycles. The van der Waals surface area contributed by atoms with Crippen LogP contribution in [0.2, 0.25) is 0 Å². The molecule has 124 valence electrons. The largest absolute Gasteiger partial charge is 0.378 e. The minimum absolute atomic E-state index is 0.127. The molecule has 4 heteroatoms. The van der Waals surface area contributed by atoms with Gasteiger partial charge in [-0.05, 0) is 29.2 Å². The number of nitrogens with zero attached hydrogens (tertiary/aromatic N) is 1. The molecule has 0 amide bonds. The van der Waals surface area contributed by atoms with E-state index in [1.54, 1.807) is 12.1 Å². The SMILES string of the molecule is O=[N+]([O-])c1ccc2c(c1)C(c1ccccc1)CC(c1ccccc1)N2. The van der Waals surface area contributed by atoms with Crippen molar-refractivity contribution in [3.8, 4) is 0 Å². The first kappa shape index (κ1) is 15.4. The Balaban J connectivity index is 1.81. The fraction of sp³-hybridized carbons (Fsp3) is 0.143. The van der Waals surface area contributed by atoms with Crippen LogP contribution in [0.4, 0.5) is 11.4 Å². The van der Waals surface area contributed by atoms with Gasteiger partial charge in [-0.2, -0.15) is 0 Å². The zero-order valence-electron chi connectivity index (χ0n) is 13.6. The third kappa shape index (κ3) is 2.98. The number of nitro benzene ring substituents is 1. The predicted octanol–water partition coefficient (Wildman–Crippen LogP) is 5.28. The average Bonchev–Trinajstić information content (AvgIpc) is 2.68. The van der Waals surface area contributed by atoms with Crippen LogP contribution in [0.25, 0.3) is 0 Å². The molecule has 0 radical (unpaired) electrons.